The quantitative estimate of drug-likeness (QED) is 0.529. The third-order valence-corrected chi connectivity index (χ3v) is 4.36. The van der Waals surface area contributed by atoms with Gasteiger partial charge in [0.1, 0.15) is 0 Å². The van der Waals surface area contributed by atoms with E-state index in [1.807, 2.05) is 25.1 Å². The minimum Gasteiger partial charge on any atom is -0.305 e. The zero-order valence-electron chi connectivity index (χ0n) is 12.5. The summed E-state index contributed by atoms with van der Waals surface area (Å²) in [5.74, 6) is -6.11. The van der Waals surface area contributed by atoms with E-state index >= 15 is 0 Å². The van der Waals surface area contributed by atoms with Crippen LogP contribution < -0.4 is 0 Å². The van der Waals surface area contributed by atoms with Gasteiger partial charge in [0, 0.05) is 12.6 Å². The smallest absolute Gasteiger partial charge is 0.252 e. The number of pyridine rings is 1. The van der Waals surface area contributed by atoms with Gasteiger partial charge >= 0.3 is 0 Å². The average molecular weight is 354 g/mol. The molecule has 3 rings (SSSR count). The largest absolute Gasteiger partial charge is 0.305 e. The summed E-state index contributed by atoms with van der Waals surface area (Å²) in [5, 5.41) is 7.89. The second-order valence-corrected chi connectivity index (χ2v) is 5.96. The summed E-state index contributed by atoms with van der Waals surface area (Å²) in [5.41, 5.74) is 1.75. The van der Waals surface area contributed by atoms with E-state index in [4.69, 9.17) is 0 Å². The van der Waals surface area contributed by atoms with Crippen molar-refractivity contribution < 1.29 is 17.6 Å². The monoisotopic (exact) mass is 354 g/mol. The van der Waals surface area contributed by atoms with Crippen LogP contribution in [0.4, 0.5) is 17.6 Å². The second-order valence-electron chi connectivity index (χ2n) is 4.99. The SMILES string of the molecule is Cc1cccc(-c2nnc(Sc3c(F)c(F)nc(F)c3F)n2C)c1. The van der Waals surface area contributed by atoms with Crippen LogP contribution in [0.25, 0.3) is 11.4 Å². The van der Waals surface area contributed by atoms with Crippen molar-refractivity contribution in [3.05, 3.63) is 53.4 Å². The lowest BCUT2D eigenvalue weighted by molar-refractivity contribution is 0.383. The Morgan fingerprint density at radius 2 is 1.67 bits per heavy atom. The Kier molecular flexibility index (Phi) is 4.27. The fraction of sp³-hybridized carbons (Fsp3) is 0.133. The molecule has 0 aliphatic rings. The molecule has 4 nitrogen and oxygen atoms in total. The highest BCUT2D eigenvalue weighted by Gasteiger charge is 2.24. The fourth-order valence-electron chi connectivity index (χ4n) is 2.09. The van der Waals surface area contributed by atoms with Gasteiger partial charge in [-0.2, -0.15) is 13.8 Å². The van der Waals surface area contributed by atoms with E-state index in [0.29, 0.717) is 17.6 Å². The van der Waals surface area contributed by atoms with Crippen molar-refractivity contribution >= 4 is 11.8 Å². The molecule has 24 heavy (non-hydrogen) atoms. The highest BCUT2D eigenvalue weighted by atomic mass is 32.2. The number of aryl methyl sites for hydroxylation is 1. The van der Waals surface area contributed by atoms with E-state index in [9.17, 15) is 17.6 Å². The van der Waals surface area contributed by atoms with E-state index in [1.165, 1.54) is 4.57 Å². The molecule has 0 radical (unpaired) electrons. The molecule has 0 bridgehead atoms. The van der Waals surface area contributed by atoms with E-state index in [0.717, 1.165) is 11.1 Å². The molecular formula is C15H10F4N4S. The molecular weight excluding hydrogens is 344 g/mol. The van der Waals surface area contributed by atoms with Crippen LogP contribution >= 0.6 is 11.8 Å². The third-order valence-electron chi connectivity index (χ3n) is 3.26. The Morgan fingerprint density at radius 1 is 1.00 bits per heavy atom. The van der Waals surface area contributed by atoms with Crippen molar-refractivity contribution in [2.75, 3.05) is 0 Å². The summed E-state index contributed by atoms with van der Waals surface area (Å²) in [6, 6.07) is 7.41. The highest BCUT2D eigenvalue weighted by Crippen LogP contribution is 2.33. The Balaban J connectivity index is 2.02. The number of nitrogens with zero attached hydrogens (tertiary/aromatic N) is 4. The normalized spacial score (nSPS) is 11.1. The van der Waals surface area contributed by atoms with Crippen LogP contribution in [0.3, 0.4) is 0 Å². The van der Waals surface area contributed by atoms with Crippen molar-refractivity contribution in [1.82, 2.24) is 19.7 Å². The Labute approximate surface area is 138 Å². The molecule has 9 heteroatoms. The van der Waals surface area contributed by atoms with Crippen LogP contribution in [0.2, 0.25) is 0 Å². The van der Waals surface area contributed by atoms with Gasteiger partial charge in [-0.1, -0.05) is 23.8 Å². The van der Waals surface area contributed by atoms with Gasteiger partial charge in [0.05, 0.1) is 4.90 Å². The standard InChI is InChI=1S/C15H10F4N4S/c1-7-4-3-5-8(6-7)14-21-22-15(23(14)2)24-11-9(16)12(18)20-13(19)10(11)17/h3-6H,1-2H3. The number of halogens is 4. The Bertz CT molecular complexity index is 900. The molecule has 124 valence electrons. The molecule has 0 saturated heterocycles. The van der Waals surface area contributed by atoms with Gasteiger partial charge < -0.3 is 4.57 Å². The van der Waals surface area contributed by atoms with Gasteiger partial charge in [-0.05, 0) is 24.8 Å². The first-order valence-corrected chi connectivity index (χ1v) is 7.54. The molecule has 3 aromatic rings. The topological polar surface area (TPSA) is 43.6 Å². The van der Waals surface area contributed by atoms with Crippen LogP contribution in [0.1, 0.15) is 5.56 Å². The number of rotatable bonds is 3. The van der Waals surface area contributed by atoms with Crippen molar-refractivity contribution in [2.24, 2.45) is 7.05 Å². The summed E-state index contributed by atoms with van der Waals surface area (Å²) < 4.78 is 55.3. The Morgan fingerprint density at radius 3 is 2.29 bits per heavy atom. The summed E-state index contributed by atoms with van der Waals surface area (Å²) in [6.45, 7) is 1.91. The Hall–Kier alpha value is -2.42. The molecule has 0 aliphatic carbocycles. The fourth-order valence-corrected chi connectivity index (χ4v) is 2.92. The maximum Gasteiger partial charge on any atom is 0.252 e. The first-order chi connectivity index (χ1) is 11.4. The van der Waals surface area contributed by atoms with E-state index in [-0.39, 0.29) is 5.16 Å². The first kappa shape index (κ1) is 16.4. The lowest BCUT2D eigenvalue weighted by atomic mass is 10.1. The van der Waals surface area contributed by atoms with Crippen molar-refractivity contribution in [2.45, 2.75) is 17.0 Å². The third kappa shape index (κ3) is 2.86. The molecule has 1 aromatic carbocycles. The number of benzene rings is 1. The molecule has 0 fully saturated rings. The second kappa shape index (κ2) is 6.23. The van der Waals surface area contributed by atoms with Gasteiger partial charge in [0.2, 0.25) is 0 Å². The van der Waals surface area contributed by atoms with Gasteiger partial charge in [-0.15, -0.1) is 10.2 Å². The zero-order chi connectivity index (χ0) is 17.4. The molecule has 0 spiro atoms. The first-order valence-electron chi connectivity index (χ1n) is 6.72. The molecule has 2 heterocycles. The van der Waals surface area contributed by atoms with Gasteiger partial charge in [0.15, 0.2) is 22.6 Å². The average Bonchev–Trinajstić information content (AvgIpc) is 2.90. The summed E-state index contributed by atoms with van der Waals surface area (Å²) in [4.78, 5) is 1.67. The van der Waals surface area contributed by atoms with Crippen molar-refractivity contribution in [3.63, 3.8) is 0 Å². The van der Waals surface area contributed by atoms with Crippen molar-refractivity contribution in [3.8, 4) is 11.4 Å². The van der Waals surface area contributed by atoms with Crippen LogP contribution in [-0.2, 0) is 7.05 Å². The highest BCUT2D eigenvalue weighted by molar-refractivity contribution is 7.99. The number of aromatic nitrogens is 4. The summed E-state index contributed by atoms with van der Waals surface area (Å²) >= 11 is 0.435. The number of hydrogen-bond acceptors (Lipinski definition) is 4. The molecule has 0 unspecified atom stereocenters. The summed E-state index contributed by atoms with van der Waals surface area (Å²) in [6.07, 6.45) is 0. The molecule has 2 aromatic heterocycles. The van der Waals surface area contributed by atoms with Crippen LogP contribution in [0.15, 0.2) is 34.3 Å². The maximum absolute atomic E-state index is 13.7. The van der Waals surface area contributed by atoms with E-state index in [1.54, 1.807) is 13.1 Å². The molecule has 0 saturated carbocycles. The lowest BCUT2D eigenvalue weighted by Gasteiger charge is -2.06. The molecule has 0 aliphatic heterocycles. The predicted molar refractivity (Wildman–Crippen MR) is 79.4 cm³/mol. The summed E-state index contributed by atoms with van der Waals surface area (Å²) in [7, 11) is 1.59. The van der Waals surface area contributed by atoms with E-state index < -0.39 is 28.4 Å². The molecule has 0 atom stereocenters. The van der Waals surface area contributed by atoms with Crippen LogP contribution in [0.5, 0.6) is 0 Å². The van der Waals surface area contributed by atoms with Crippen LogP contribution in [-0.4, -0.2) is 19.7 Å². The predicted octanol–water partition coefficient (Wildman–Crippen LogP) is 3.89. The van der Waals surface area contributed by atoms with Crippen LogP contribution in [0, 0.1) is 30.5 Å². The zero-order valence-corrected chi connectivity index (χ0v) is 13.3. The maximum atomic E-state index is 13.7. The van der Waals surface area contributed by atoms with Gasteiger partial charge in [-0.3, -0.25) is 0 Å². The number of hydrogen-bond donors (Lipinski definition) is 0. The van der Waals surface area contributed by atoms with Gasteiger partial charge in [-0.25, -0.2) is 8.78 Å². The van der Waals surface area contributed by atoms with Gasteiger partial charge in [0.25, 0.3) is 11.9 Å². The lowest BCUT2D eigenvalue weighted by Crippen LogP contribution is -2.03. The van der Waals surface area contributed by atoms with E-state index in [2.05, 4.69) is 15.2 Å². The minimum absolute atomic E-state index is 0.0781. The van der Waals surface area contributed by atoms with Crippen molar-refractivity contribution in [1.29, 1.82) is 0 Å². The molecule has 0 amide bonds. The molecule has 0 N–H and O–H groups in total. The minimum atomic E-state index is -1.71.